The van der Waals surface area contributed by atoms with Crippen molar-refractivity contribution in [3.8, 4) is 11.3 Å². The molecule has 0 atom stereocenters. The zero-order chi connectivity index (χ0) is 11.9. The zero-order valence-corrected chi connectivity index (χ0v) is 9.73. The summed E-state index contributed by atoms with van der Waals surface area (Å²) in [4.78, 5) is 19.1. The van der Waals surface area contributed by atoms with Crippen LogP contribution in [0.15, 0.2) is 41.2 Å². The van der Waals surface area contributed by atoms with Gasteiger partial charge in [0.15, 0.2) is 0 Å². The van der Waals surface area contributed by atoms with Gasteiger partial charge in [0, 0.05) is 17.0 Å². The van der Waals surface area contributed by atoms with E-state index in [1.54, 1.807) is 6.07 Å². The summed E-state index contributed by atoms with van der Waals surface area (Å²) in [6.07, 6.45) is 2.21. The van der Waals surface area contributed by atoms with Crippen molar-refractivity contribution in [2.75, 3.05) is 0 Å². The number of hydrogen-bond donors (Lipinski definition) is 1. The molecule has 0 spiro atoms. The fraction of sp³-hybridized carbons (Fsp3) is 0.286. The van der Waals surface area contributed by atoms with Crippen LogP contribution in [0.2, 0.25) is 0 Å². The van der Waals surface area contributed by atoms with Gasteiger partial charge in [-0.25, -0.2) is 4.98 Å². The second-order valence-corrected chi connectivity index (χ2v) is 4.91. The van der Waals surface area contributed by atoms with Crippen LogP contribution in [0.4, 0.5) is 0 Å². The highest BCUT2D eigenvalue weighted by atomic mass is 16.1. The molecule has 86 valence electrons. The van der Waals surface area contributed by atoms with Crippen LogP contribution in [0.3, 0.4) is 0 Å². The van der Waals surface area contributed by atoms with Gasteiger partial charge in [0.25, 0.3) is 5.56 Å². The molecule has 0 amide bonds. The third-order valence-corrected chi connectivity index (χ3v) is 3.38. The van der Waals surface area contributed by atoms with Crippen LogP contribution in [-0.2, 0) is 5.41 Å². The van der Waals surface area contributed by atoms with Crippen LogP contribution in [-0.4, -0.2) is 9.97 Å². The van der Waals surface area contributed by atoms with E-state index in [4.69, 9.17) is 0 Å². The summed E-state index contributed by atoms with van der Waals surface area (Å²) >= 11 is 0. The van der Waals surface area contributed by atoms with Crippen LogP contribution in [0.1, 0.15) is 25.6 Å². The average molecular weight is 226 g/mol. The number of nitrogens with zero attached hydrogens (tertiary/aromatic N) is 1. The second-order valence-electron chi connectivity index (χ2n) is 4.91. The Hall–Kier alpha value is -1.90. The minimum Gasteiger partial charge on any atom is -0.310 e. The molecule has 1 N–H and O–H groups in total. The molecule has 1 aromatic heterocycles. The van der Waals surface area contributed by atoms with E-state index < -0.39 is 0 Å². The minimum absolute atomic E-state index is 0.0676. The van der Waals surface area contributed by atoms with Gasteiger partial charge in [-0.2, -0.15) is 0 Å². The van der Waals surface area contributed by atoms with Gasteiger partial charge >= 0.3 is 0 Å². The molecule has 2 aromatic rings. The number of aromatic amines is 1. The molecule has 1 aliphatic carbocycles. The molecule has 1 aliphatic rings. The van der Waals surface area contributed by atoms with Gasteiger partial charge in [0.05, 0.1) is 5.69 Å². The summed E-state index contributed by atoms with van der Waals surface area (Å²) < 4.78 is 0. The first-order chi connectivity index (χ1) is 8.17. The Morgan fingerprint density at radius 1 is 1.24 bits per heavy atom. The minimum atomic E-state index is -0.0676. The lowest BCUT2D eigenvalue weighted by atomic mass is 10.1. The van der Waals surface area contributed by atoms with E-state index in [0.29, 0.717) is 0 Å². The first-order valence-electron chi connectivity index (χ1n) is 5.85. The van der Waals surface area contributed by atoms with E-state index in [1.165, 1.54) is 0 Å². The van der Waals surface area contributed by atoms with Gasteiger partial charge in [-0.1, -0.05) is 37.3 Å². The third kappa shape index (κ3) is 1.88. The Balaban J connectivity index is 2.12. The van der Waals surface area contributed by atoms with Crippen LogP contribution in [0, 0.1) is 0 Å². The van der Waals surface area contributed by atoms with Crippen molar-refractivity contribution < 1.29 is 0 Å². The summed E-state index contributed by atoms with van der Waals surface area (Å²) in [7, 11) is 0. The summed E-state index contributed by atoms with van der Waals surface area (Å²) in [5.74, 6) is 0.823. The predicted molar refractivity (Wildman–Crippen MR) is 66.9 cm³/mol. The first kappa shape index (κ1) is 10.3. The molecule has 3 heteroatoms. The van der Waals surface area contributed by atoms with Crippen molar-refractivity contribution in [3.05, 3.63) is 52.6 Å². The molecule has 0 saturated heterocycles. The van der Waals surface area contributed by atoms with Crippen molar-refractivity contribution in [3.63, 3.8) is 0 Å². The van der Waals surface area contributed by atoms with Gasteiger partial charge < -0.3 is 4.98 Å². The molecular weight excluding hydrogens is 212 g/mol. The Morgan fingerprint density at radius 3 is 2.59 bits per heavy atom. The van der Waals surface area contributed by atoms with Crippen molar-refractivity contribution in [1.29, 1.82) is 0 Å². The molecule has 1 aromatic carbocycles. The number of rotatable bonds is 2. The lowest BCUT2D eigenvalue weighted by Gasteiger charge is -2.09. The zero-order valence-electron chi connectivity index (χ0n) is 9.73. The average Bonchev–Trinajstić information content (AvgIpc) is 3.09. The summed E-state index contributed by atoms with van der Waals surface area (Å²) in [6.45, 7) is 2.14. The number of aromatic nitrogens is 2. The summed E-state index contributed by atoms with van der Waals surface area (Å²) in [5.41, 5.74) is 1.77. The molecule has 1 heterocycles. The lowest BCUT2D eigenvalue weighted by molar-refractivity contribution is 0.704. The lowest BCUT2D eigenvalue weighted by Crippen LogP contribution is -2.16. The van der Waals surface area contributed by atoms with E-state index in [1.807, 2.05) is 30.3 Å². The number of benzene rings is 1. The molecule has 0 unspecified atom stereocenters. The first-order valence-corrected chi connectivity index (χ1v) is 5.85. The summed E-state index contributed by atoms with van der Waals surface area (Å²) in [5, 5.41) is 0. The van der Waals surface area contributed by atoms with E-state index >= 15 is 0 Å². The van der Waals surface area contributed by atoms with E-state index in [-0.39, 0.29) is 11.0 Å². The second kappa shape index (κ2) is 3.55. The molecule has 1 saturated carbocycles. The molecular formula is C14H14N2O. The topological polar surface area (TPSA) is 45.8 Å². The maximum atomic E-state index is 11.7. The van der Waals surface area contributed by atoms with E-state index in [2.05, 4.69) is 16.9 Å². The van der Waals surface area contributed by atoms with Crippen molar-refractivity contribution in [2.45, 2.75) is 25.2 Å². The normalized spacial score (nSPS) is 16.8. The number of nitrogens with one attached hydrogen (secondary N) is 1. The summed E-state index contributed by atoms with van der Waals surface area (Å²) in [6, 6.07) is 11.4. The monoisotopic (exact) mass is 226 g/mol. The van der Waals surface area contributed by atoms with Crippen LogP contribution in [0.5, 0.6) is 0 Å². The SMILES string of the molecule is CC1(c2nc(-c3ccccc3)cc(=O)[nH]2)CC1. The van der Waals surface area contributed by atoms with E-state index in [0.717, 1.165) is 29.9 Å². The Morgan fingerprint density at radius 2 is 1.94 bits per heavy atom. The van der Waals surface area contributed by atoms with Crippen molar-refractivity contribution >= 4 is 0 Å². The van der Waals surface area contributed by atoms with Gasteiger partial charge in [0.1, 0.15) is 5.82 Å². The maximum Gasteiger partial charge on any atom is 0.251 e. The highest BCUT2D eigenvalue weighted by Crippen LogP contribution is 2.45. The van der Waals surface area contributed by atoms with Crippen LogP contribution >= 0.6 is 0 Å². The predicted octanol–water partition coefficient (Wildman–Crippen LogP) is 2.49. The Kier molecular flexibility index (Phi) is 2.15. The molecule has 17 heavy (non-hydrogen) atoms. The molecule has 0 radical (unpaired) electrons. The highest BCUT2D eigenvalue weighted by molar-refractivity contribution is 5.58. The van der Waals surface area contributed by atoms with Crippen LogP contribution in [0.25, 0.3) is 11.3 Å². The number of H-pyrrole nitrogens is 1. The highest BCUT2D eigenvalue weighted by Gasteiger charge is 2.41. The standard InChI is InChI=1S/C14H14N2O/c1-14(7-8-14)13-15-11(9-12(17)16-13)10-5-3-2-4-6-10/h2-6,9H,7-8H2,1H3,(H,15,16,17). The van der Waals surface area contributed by atoms with Gasteiger partial charge in [0.2, 0.25) is 0 Å². The largest absolute Gasteiger partial charge is 0.310 e. The third-order valence-electron chi connectivity index (χ3n) is 3.38. The van der Waals surface area contributed by atoms with Gasteiger partial charge in [-0.3, -0.25) is 4.79 Å². The Labute approximate surface area is 99.5 Å². The van der Waals surface area contributed by atoms with Gasteiger partial charge in [-0.05, 0) is 12.8 Å². The van der Waals surface area contributed by atoms with Gasteiger partial charge in [-0.15, -0.1) is 0 Å². The molecule has 3 nitrogen and oxygen atoms in total. The molecule has 0 aliphatic heterocycles. The fourth-order valence-electron chi connectivity index (χ4n) is 1.92. The maximum absolute atomic E-state index is 11.7. The molecule has 1 fully saturated rings. The molecule has 3 rings (SSSR count). The Bertz CT molecular complexity index is 597. The molecule has 0 bridgehead atoms. The van der Waals surface area contributed by atoms with E-state index in [9.17, 15) is 4.79 Å². The van der Waals surface area contributed by atoms with Crippen molar-refractivity contribution in [2.24, 2.45) is 0 Å². The van der Waals surface area contributed by atoms with Crippen LogP contribution < -0.4 is 5.56 Å². The smallest absolute Gasteiger partial charge is 0.251 e. The quantitative estimate of drug-likeness (QED) is 0.855. The fourth-order valence-corrected chi connectivity index (χ4v) is 1.92. The number of hydrogen-bond acceptors (Lipinski definition) is 2. The van der Waals surface area contributed by atoms with Crippen molar-refractivity contribution in [1.82, 2.24) is 9.97 Å².